The number of hydrogen-bond donors (Lipinski definition) is 5. The first-order valence-electron chi connectivity index (χ1n) is 14.4. The number of hydrogen-bond acceptors (Lipinski definition) is 9. The number of nitrogens with two attached hydrogens (primary N) is 1. The molecule has 0 bridgehead atoms. The molecule has 2 heterocycles. The number of ether oxygens (including phenoxy) is 1. The van der Waals surface area contributed by atoms with Crippen molar-refractivity contribution in [2.45, 2.75) is 58.6 Å². The molecule has 1 atom stereocenters. The maximum Gasteiger partial charge on any atom is 0.410 e. The number of carbonyl (C=O) groups is 4. The average molecular weight is 603 g/mol. The molecule has 6 N–H and O–H groups in total. The minimum absolute atomic E-state index is 0.224. The Bertz CT molecular complexity index is 1520. The molecule has 4 amide bonds. The lowest BCUT2D eigenvalue weighted by atomic mass is 10.2. The Morgan fingerprint density at radius 1 is 1.02 bits per heavy atom. The van der Waals surface area contributed by atoms with Crippen LogP contribution in [0.4, 0.5) is 33.6 Å². The van der Waals surface area contributed by atoms with E-state index in [1.807, 2.05) is 6.92 Å². The van der Waals surface area contributed by atoms with E-state index in [1.165, 1.54) is 11.1 Å². The zero-order valence-electron chi connectivity index (χ0n) is 25.3. The fourth-order valence-electron chi connectivity index (χ4n) is 4.51. The third-order valence-electron chi connectivity index (χ3n) is 6.57. The van der Waals surface area contributed by atoms with Gasteiger partial charge in [0.1, 0.15) is 23.0 Å². The van der Waals surface area contributed by atoms with Crippen LogP contribution in [0.1, 0.15) is 67.7 Å². The van der Waals surface area contributed by atoms with Crippen LogP contribution in [0.2, 0.25) is 0 Å². The molecule has 1 saturated heterocycles. The van der Waals surface area contributed by atoms with E-state index in [0.717, 1.165) is 6.42 Å². The fraction of sp³-hybridized carbons (Fsp3) is 0.355. The third kappa shape index (κ3) is 8.43. The zero-order valence-corrected chi connectivity index (χ0v) is 25.3. The molecule has 1 aliphatic heterocycles. The van der Waals surface area contributed by atoms with Crippen molar-refractivity contribution in [3.63, 3.8) is 0 Å². The third-order valence-corrected chi connectivity index (χ3v) is 6.57. The molecule has 0 saturated carbocycles. The van der Waals surface area contributed by atoms with Crippen LogP contribution in [-0.4, -0.2) is 63.4 Å². The van der Waals surface area contributed by atoms with Crippen LogP contribution >= 0.6 is 0 Å². The van der Waals surface area contributed by atoms with Gasteiger partial charge in [0.2, 0.25) is 17.8 Å². The summed E-state index contributed by atoms with van der Waals surface area (Å²) in [6.45, 7) is 8.35. The summed E-state index contributed by atoms with van der Waals surface area (Å²) >= 11 is 0. The molecule has 13 nitrogen and oxygen atoms in total. The number of nitrogens with zero attached hydrogens (tertiary/aromatic N) is 3. The van der Waals surface area contributed by atoms with E-state index in [0.29, 0.717) is 54.4 Å². The molecule has 1 fully saturated rings. The van der Waals surface area contributed by atoms with Crippen molar-refractivity contribution in [1.82, 2.24) is 14.9 Å². The molecular formula is C31H38N8O5. The lowest BCUT2D eigenvalue weighted by molar-refractivity contribution is -0.120. The van der Waals surface area contributed by atoms with Gasteiger partial charge in [0.15, 0.2) is 0 Å². The van der Waals surface area contributed by atoms with Crippen molar-refractivity contribution in [3.05, 3.63) is 65.9 Å². The van der Waals surface area contributed by atoms with E-state index in [4.69, 9.17) is 10.5 Å². The maximum absolute atomic E-state index is 13.3. The van der Waals surface area contributed by atoms with Crippen molar-refractivity contribution in [2.75, 3.05) is 34.4 Å². The molecule has 232 valence electrons. The van der Waals surface area contributed by atoms with Gasteiger partial charge < -0.3 is 31.7 Å². The van der Waals surface area contributed by atoms with Crippen molar-refractivity contribution in [1.29, 1.82) is 0 Å². The lowest BCUT2D eigenvalue weighted by Crippen LogP contribution is -2.45. The average Bonchev–Trinajstić information content (AvgIpc) is 3.46. The summed E-state index contributed by atoms with van der Waals surface area (Å²) in [5, 5.41) is 11.9. The minimum atomic E-state index is -0.666. The van der Waals surface area contributed by atoms with Crippen LogP contribution in [0.5, 0.6) is 0 Å². The SMILES string of the molecule is CCCNc1nc(Nc2ccc(C(N)=O)cc2)ncc1C(=O)Nc1cccc(NC(=O)[C@@H]2CCCN2C(=O)OC(C)(C)C)c1. The van der Waals surface area contributed by atoms with Crippen LogP contribution in [0.25, 0.3) is 0 Å². The number of nitrogens with one attached hydrogen (secondary N) is 4. The van der Waals surface area contributed by atoms with Gasteiger partial charge in [-0.15, -0.1) is 0 Å². The Morgan fingerprint density at radius 2 is 1.73 bits per heavy atom. The molecule has 0 radical (unpaired) electrons. The molecule has 13 heteroatoms. The maximum atomic E-state index is 13.3. The highest BCUT2D eigenvalue weighted by Gasteiger charge is 2.36. The normalized spacial score (nSPS) is 14.5. The monoisotopic (exact) mass is 602 g/mol. The van der Waals surface area contributed by atoms with Crippen LogP contribution in [0.3, 0.4) is 0 Å². The van der Waals surface area contributed by atoms with Crippen molar-refractivity contribution in [3.8, 4) is 0 Å². The van der Waals surface area contributed by atoms with Crippen molar-refractivity contribution < 1.29 is 23.9 Å². The second-order valence-corrected chi connectivity index (χ2v) is 11.3. The fourth-order valence-corrected chi connectivity index (χ4v) is 4.51. The quantitative estimate of drug-likeness (QED) is 0.219. The molecule has 1 aromatic heterocycles. The molecule has 0 spiro atoms. The largest absolute Gasteiger partial charge is 0.444 e. The minimum Gasteiger partial charge on any atom is -0.444 e. The van der Waals surface area contributed by atoms with Crippen LogP contribution in [0, 0.1) is 0 Å². The van der Waals surface area contributed by atoms with Gasteiger partial charge in [-0.25, -0.2) is 9.78 Å². The molecule has 44 heavy (non-hydrogen) atoms. The van der Waals surface area contributed by atoms with E-state index in [-0.39, 0.29) is 17.4 Å². The summed E-state index contributed by atoms with van der Waals surface area (Å²) in [6.07, 6.45) is 2.92. The first kappa shape index (κ1) is 31.7. The Morgan fingerprint density at radius 3 is 2.39 bits per heavy atom. The summed E-state index contributed by atoms with van der Waals surface area (Å²) in [4.78, 5) is 60.6. The van der Waals surface area contributed by atoms with Crippen LogP contribution in [0.15, 0.2) is 54.7 Å². The summed E-state index contributed by atoms with van der Waals surface area (Å²) in [7, 11) is 0. The molecule has 0 aliphatic carbocycles. The van der Waals surface area contributed by atoms with E-state index >= 15 is 0 Å². The number of likely N-dealkylation sites (tertiary alicyclic amines) is 1. The number of aromatic nitrogens is 2. The van der Waals surface area contributed by atoms with E-state index in [1.54, 1.807) is 69.3 Å². The second kappa shape index (κ2) is 13.8. The molecule has 1 aliphatic rings. The summed E-state index contributed by atoms with van der Waals surface area (Å²) < 4.78 is 5.47. The topological polar surface area (TPSA) is 181 Å². The van der Waals surface area contributed by atoms with E-state index < -0.39 is 29.6 Å². The highest BCUT2D eigenvalue weighted by Crippen LogP contribution is 2.24. The predicted molar refractivity (Wildman–Crippen MR) is 168 cm³/mol. The van der Waals surface area contributed by atoms with Crippen molar-refractivity contribution >= 4 is 52.6 Å². The smallest absolute Gasteiger partial charge is 0.410 e. The number of anilines is 5. The van der Waals surface area contributed by atoms with Crippen molar-refractivity contribution in [2.24, 2.45) is 5.73 Å². The Kier molecular flexibility index (Phi) is 9.99. The number of carbonyl (C=O) groups excluding carboxylic acids is 4. The summed E-state index contributed by atoms with van der Waals surface area (Å²) in [5.74, 6) is -0.715. The van der Waals surface area contributed by atoms with Gasteiger partial charge in [-0.2, -0.15) is 4.98 Å². The standard InChI is InChI=1S/C31H38N8O5/c1-5-15-33-26-23(18-34-29(38-26)37-20-13-11-19(12-14-20)25(32)40)27(41)35-21-8-6-9-22(17-21)36-28(42)24-10-7-16-39(24)30(43)44-31(2,3)4/h6,8-9,11-14,17-18,24H,5,7,10,15-16H2,1-4H3,(H2,32,40)(H,35,41)(H,36,42)(H2,33,34,37,38)/t24-/m0/s1. The second-order valence-electron chi connectivity index (χ2n) is 11.3. The Labute approximate surface area is 256 Å². The molecular weight excluding hydrogens is 564 g/mol. The van der Waals surface area contributed by atoms with Gasteiger partial charge in [-0.1, -0.05) is 13.0 Å². The van der Waals surface area contributed by atoms with Gasteiger partial charge in [-0.3, -0.25) is 19.3 Å². The Balaban J connectivity index is 1.44. The molecule has 0 unspecified atom stereocenters. The number of primary amides is 1. The number of amides is 4. The summed E-state index contributed by atoms with van der Waals surface area (Å²) in [6, 6.07) is 12.6. The first-order chi connectivity index (χ1) is 20.9. The van der Waals surface area contributed by atoms with Gasteiger partial charge in [0, 0.05) is 41.9 Å². The zero-order chi connectivity index (χ0) is 31.9. The van der Waals surface area contributed by atoms with Gasteiger partial charge >= 0.3 is 6.09 Å². The highest BCUT2D eigenvalue weighted by molar-refractivity contribution is 6.08. The molecule has 2 aromatic carbocycles. The van der Waals surface area contributed by atoms with Gasteiger partial charge in [-0.05, 0) is 82.5 Å². The van der Waals surface area contributed by atoms with Crippen LogP contribution in [-0.2, 0) is 9.53 Å². The van der Waals surface area contributed by atoms with Gasteiger partial charge in [0.25, 0.3) is 5.91 Å². The molecule has 3 aromatic rings. The molecule has 4 rings (SSSR count). The van der Waals surface area contributed by atoms with Crippen LogP contribution < -0.4 is 27.0 Å². The first-order valence-corrected chi connectivity index (χ1v) is 14.4. The van der Waals surface area contributed by atoms with E-state index in [9.17, 15) is 19.2 Å². The van der Waals surface area contributed by atoms with E-state index in [2.05, 4.69) is 31.2 Å². The van der Waals surface area contributed by atoms with Gasteiger partial charge in [0.05, 0.1) is 0 Å². The highest BCUT2D eigenvalue weighted by atomic mass is 16.6. The predicted octanol–water partition coefficient (Wildman–Crippen LogP) is 4.73. The lowest BCUT2D eigenvalue weighted by Gasteiger charge is -2.28. The number of rotatable bonds is 10. The Hall–Kier alpha value is -5.20. The summed E-state index contributed by atoms with van der Waals surface area (Å²) in [5.41, 5.74) is 6.78. The number of benzene rings is 2.